The molecule has 3 heteroatoms. The maximum Gasteiger partial charge on any atom is 0.164 e. The number of aromatic nitrogens is 1. The quantitative estimate of drug-likeness (QED) is 0.772. The second kappa shape index (κ2) is 2.98. The van der Waals surface area contributed by atoms with Gasteiger partial charge in [-0.2, -0.15) is 0 Å². The van der Waals surface area contributed by atoms with Crippen LogP contribution in [-0.2, 0) is 0 Å². The van der Waals surface area contributed by atoms with Gasteiger partial charge in [-0.1, -0.05) is 6.92 Å². The highest BCUT2D eigenvalue weighted by Crippen LogP contribution is 2.44. The number of rotatable bonds is 3. The van der Waals surface area contributed by atoms with Gasteiger partial charge in [-0.3, -0.25) is 4.98 Å². The van der Waals surface area contributed by atoms with E-state index in [1.807, 2.05) is 0 Å². The fraction of sp³-hybridized carbons (Fsp3) is 0.500. The SMILES string of the molecule is CC1(CNc2ccncc2F)CC1. The lowest BCUT2D eigenvalue weighted by atomic mass is 10.1. The van der Waals surface area contributed by atoms with Crippen molar-refractivity contribution in [3.05, 3.63) is 24.3 Å². The zero-order chi connectivity index (χ0) is 9.31. The first kappa shape index (κ1) is 8.48. The molecule has 0 aromatic carbocycles. The molecular formula is C10H13FN2. The zero-order valence-corrected chi connectivity index (χ0v) is 7.68. The lowest BCUT2D eigenvalue weighted by molar-refractivity contribution is 0.595. The van der Waals surface area contributed by atoms with E-state index in [-0.39, 0.29) is 5.82 Å². The Labute approximate surface area is 77.2 Å². The van der Waals surface area contributed by atoms with Gasteiger partial charge in [0.05, 0.1) is 11.9 Å². The summed E-state index contributed by atoms with van der Waals surface area (Å²) in [6, 6.07) is 1.67. The Balaban J connectivity index is 1.97. The topological polar surface area (TPSA) is 24.9 Å². The molecule has 1 aromatic heterocycles. The summed E-state index contributed by atoms with van der Waals surface area (Å²) in [5.74, 6) is -0.272. The van der Waals surface area contributed by atoms with Crippen LogP contribution in [0.3, 0.4) is 0 Å². The highest BCUT2D eigenvalue weighted by Gasteiger charge is 2.36. The van der Waals surface area contributed by atoms with Crippen molar-refractivity contribution >= 4 is 5.69 Å². The van der Waals surface area contributed by atoms with E-state index in [0.29, 0.717) is 11.1 Å². The third-order valence-electron chi connectivity index (χ3n) is 2.58. The van der Waals surface area contributed by atoms with E-state index in [9.17, 15) is 4.39 Å². The number of hydrogen-bond donors (Lipinski definition) is 1. The van der Waals surface area contributed by atoms with Crippen LogP contribution in [0.25, 0.3) is 0 Å². The highest BCUT2D eigenvalue weighted by atomic mass is 19.1. The minimum absolute atomic E-state index is 0.272. The number of anilines is 1. The van der Waals surface area contributed by atoms with E-state index in [0.717, 1.165) is 6.54 Å². The largest absolute Gasteiger partial charge is 0.382 e. The van der Waals surface area contributed by atoms with Gasteiger partial charge in [0.1, 0.15) is 0 Å². The van der Waals surface area contributed by atoms with Crippen molar-refractivity contribution in [1.29, 1.82) is 0 Å². The Morgan fingerprint density at radius 2 is 2.38 bits per heavy atom. The molecular weight excluding hydrogens is 167 g/mol. The number of nitrogens with one attached hydrogen (secondary N) is 1. The maximum atomic E-state index is 13.1. The summed E-state index contributed by atoms with van der Waals surface area (Å²) in [6.07, 6.45) is 5.32. The predicted octanol–water partition coefficient (Wildman–Crippen LogP) is 2.43. The molecule has 0 amide bonds. The zero-order valence-electron chi connectivity index (χ0n) is 7.68. The second-order valence-corrected chi connectivity index (χ2v) is 4.02. The van der Waals surface area contributed by atoms with Crippen LogP contribution in [0.2, 0.25) is 0 Å². The first-order valence-corrected chi connectivity index (χ1v) is 4.53. The molecule has 70 valence electrons. The minimum Gasteiger partial charge on any atom is -0.382 e. The van der Waals surface area contributed by atoms with E-state index in [1.165, 1.54) is 19.0 Å². The van der Waals surface area contributed by atoms with Crippen molar-refractivity contribution in [2.75, 3.05) is 11.9 Å². The lowest BCUT2D eigenvalue weighted by Crippen LogP contribution is -2.12. The van der Waals surface area contributed by atoms with E-state index < -0.39 is 0 Å². The summed E-state index contributed by atoms with van der Waals surface area (Å²) in [6.45, 7) is 3.06. The van der Waals surface area contributed by atoms with Gasteiger partial charge in [-0.15, -0.1) is 0 Å². The van der Waals surface area contributed by atoms with Gasteiger partial charge in [0.15, 0.2) is 5.82 Å². The molecule has 2 nitrogen and oxygen atoms in total. The van der Waals surface area contributed by atoms with Crippen LogP contribution in [0.1, 0.15) is 19.8 Å². The Hall–Kier alpha value is -1.12. The molecule has 1 fully saturated rings. The summed E-state index contributed by atoms with van der Waals surface area (Å²) in [5.41, 5.74) is 0.957. The van der Waals surface area contributed by atoms with Crippen LogP contribution < -0.4 is 5.32 Å². The van der Waals surface area contributed by atoms with E-state index in [1.54, 1.807) is 12.3 Å². The molecule has 0 radical (unpaired) electrons. The van der Waals surface area contributed by atoms with Gasteiger partial charge in [0.25, 0.3) is 0 Å². The van der Waals surface area contributed by atoms with Crippen LogP contribution >= 0.6 is 0 Å². The summed E-state index contributed by atoms with van der Waals surface area (Å²) < 4.78 is 13.1. The van der Waals surface area contributed by atoms with Gasteiger partial charge in [-0.25, -0.2) is 4.39 Å². The van der Waals surface area contributed by atoms with Crippen LogP contribution in [0.4, 0.5) is 10.1 Å². The summed E-state index contributed by atoms with van der Waals surface area (Å²) >= 11 is 0. The van der Waals surface area contributed by atoms with E-state index in [2.05, 4.69) is 17.2 Å². The smallest absolute Gasteiger partial charge is 0.164 e. The van der Waals surface area contributed by atoms with Crippen molar-refractivity contribution in [3.63, 3.8) is 0 Å². The van der Waals surface area contributed by atoms with Gasteiger partial charge in [0.2, 0.25) is 0 Å². The Bertz CT molecular complexity index is 308. The number of pyridine rings is 1. The lowest BCUT2D eigenvalue weighted by Gasteiger charge is -2.11. The molecule has 13 heavy (non-hydrogen) atoms. The van der Waals surface area contributed by atoms with Crippen LogP contribution in [0, 0.1) is 11.2 Å². The van der Waals surface area contributed by atoms with Crippen molar-refractivity contribution in [2.45, 2.75) is 19.8 Å². The molecule has 0 atom stereocenters. The average Bonchev–Trinajstić information content (AvgIpc) is 2.83. The average molecular weight is 180 g/mol. The van der Waals surface area contributed by atoms with Crippen molar-refractivity contribution in [1.82, 2.24) is 4.98 Å². The molecule has 1 saturated carbocycles. The van der Waals surface area contributed by atoms with Gasteiger partial charge in [0, 0.05) is 12.7 Å². The van der Waals surface area contributed by atoms with Crippen LogP contribution in [0.15, 0.2) is 18.5 Å². The van der Waals surface area contributed by atoms with Crippen LogP contribution in [-0.4, -0.2) is 11.5 Å². The van der Waals surface area contributed by atoms with Gasteiger partial charge in [-0.05, 0) is 24.3 Å². The molecule has 0 saturated heterocycles. The fourth-order valence-corrected chi connectivity index (χ4v) is 1.22. The van der Waals surface area contributed by atoms with E-state index >= 15 is 0 Å². The molecule has 1 heterocycles. The molecule has 2 rings (SSSR count). The maximum absolute atomic E-state index is 13.1. The summed E-state index contributed by atoms with van der Waals surface area (Å²) in [5, 5.41) is 3.10. The fourth-order valence-electron chi connectivity index (χ4n) is 1.22. The van der Waals surface area contributed by atoms with Crippen LogP contribution in [0.5, 0.6) is 0 Å². The molecule has 1 aliphatic rings. The molecule has 0 aliphatic heterocycles. The molecule has 0 spiro atoms. The number of nitrogens with zero attached hydrogens (tertiary/aromatic N) is 1. The molecule has 0 bridgehead atoms. The van der Waals surface area contributed by atoms with Crippen molar-refractivity contribution < 1.29 is 4.39 Å². The third-order valence-corrected chi connectivity index (χ3v) is 2.58. The first-order chi connectivity index (χ1) is 6.20. The predicted molar refractivity (Wildman–Crippen MR) is 50.0 cm³/mol. The Kier molecular flexibility index (Phi) is 1.94. The standard InChI is InChI=1S/C10H13FN2/c1-10(3-4-10)7-13-9-2-5-12-6-8(9)11/h2,5-6H,3-4,7H2,1H3,(H,12,13). The van der Waals surface area contributed by atoms with Gasteiger partial charge >= 0.3 is 0 Å². The highest BCUT2D eigenvalue weighted by molar-refractivity contribution is 5.42. The third kappa shape index (κ3) is 1.97. The van der Waals surface area contributed by atoms with Gasteiger partial charge < -0.3 is 5.32 Å². The first-order valence-electron chi connectivity index (χ1n) is 4.53. The summed E-state index contributed by atoms with van der Waals surface area (Å²) in [7, 11) is 0. The normalized spacial score (nSPS) is 18.3. The van der Waals surface area contributed by atoms with Crippen molar-refractivity contribution in [3.8, 4) is 0 Å². The summed E-state index contributed by atoms with van der Waals surface area (Å²) in [4.78, 5) is 3.69. The monoisotopic (exact) mass is 180 g/mol. The number of halogens is 1. The molecule has 1 N–H and O–H groups in total. The Morgan fingerprint density at radius 3 is 3.00 bits per heavy atom. The second-order valence-electron chi connectivity index (χ2n) is 4.02. The minimum atomic E-state index is -0.272. The molecule has 0 unspecified atom stereocenters. The molecule has 1 aromatic rings. The van der Waals surface area contributed by atoms with E-state index in [4.69, 9.17) is 0 Å². The van der Waals surface area contributed by atoms with Crippen molar-refractivity contribution in [2.24, 2.45) is 5.41 Å². The molecule has 1 aliphatic carbocycles. The number of hydrogen-bond acceptors (Lipinski definition) is 2. The Morgan fingerprint density at radius 1 is 1.62 bits per heavy atom.